The van der Waals surface area contributed by atoms with Crippen LogP contribution in [-0.2, 0) is 10.0 Å². The summed E-state index contributed by atoms with van der Waals surface area (Å²) in [6.07, 6.45) is 1.07. The molecule has 1 rings (SSSR count). The van der Waals surface area contributed by atoms with Gasteiger partial charge in [0, 0.05) is 18.8 Å². The molecule has 0 spiro atoms. The van der Waals surface area contributed by atoms with E-state index in [-0.39, 0.29) is 12.1 Å². The van der Waals surface area contributed by atoms with E-state index >= 15 is 0 Å². The molecule has 0 atom stereocenters. The zero-order valence-corrected chi connectivity index (χ0v) is 10.9. The Bertz CT molecular complexity index is 542. The SMILES string of the molecule is Cc1cc(C(=O)O)cc(NCCNS(C)(=O)=O)n1. The number of hydrogen-bond donors (Lipinski definition) is 3. The van der Waals surface area contributed by atoms with Gasteiger partial charge in [-0.25, -0.2) is 22.9 Å². The van der Waals surface area contributed by atoms with Crippen molar-refractivity contribution in [3.05, 3.63) is 23.4 Å². The van der Waals surface area contributed by atoms with Crippen LogP contribution in [0.2, 0.25) is 0 Å². The van der Waals surface area contributed by atoms with Crippen molar-refractivity contribution in [1.82, 2.24) is 9.71 Å². The van der Waals surface area contributed by atoms with Crippen LogP contribution in [0.5, 0.6) is 0 Å². The summed E-state index contributed by atoms with van der Waals surface area (Å²) in [7, 11) is -3.21. The number of aromatic carboxylic acids is 1. The van der Waals surface area contributed by atoms with Crippen LogP contribution in [0.1, 0.15) is 16.1 Å². The molecular weight excluding hydrogens is 258 g/mol. The van der Waals surface area contributed by atoms with E-state index in [4.69, 9.17) is 5.11 Å². The molecule has 18 heavy (non-hydrogen) atoms. The van der Waals surface area contributed by atoms with Gasteiger partial charge in [-0.15, -0.1) is 0 Å². The van der Waals surface area contributed by atoms with Crippen LogP contribution >= 0.6 is 0 Å². The van der Waals surface area contributed by atoms with Gasteiger partial charge in [0.15, 0.2) is 0 Å². The fourth-order valence-electron chi connectivity index (χ4n) is 1.31. The summed E-state index contributed by atoms with van der Waals surface area (Å²) < 4.78 is 23.9. The molecule has 100 valence electrons. The first kappa shape index (κ1) is 14.4. The molecule has 1 heterocycles. The molecule has 8 heteroatoms. The number of carboxylic acid groups (broad SMARTS) is 1. The van der Waals surface area contributed by atoms with Gasteiger partial charge in [0.1, 0.15) is 5.82 Å². The summed E-state index contributed by atoms with van der Waals surface area (Å²) >= 11 is 0. The Labute approximate surface area is 105 Å². The van der Waals surface area contributed by atoms with Crippen LogP contribution in [0.4, 0.5) is 5.82 Å². The molecule has 0 amide bonds. The first-order valence-electron chi connectivity index (χ1n) is 5.18. The molecule has 0 aliphatic carbocycles. The Hall–Kier alpha value is -1.67. The number of nitrogens with zero attached hydrogens (tertiary/aromatic N) is 1. The van der Waals surface area contributed by atoms with Gasteiger partial charge in [-0.1, -0.05) is 0 Å². The molecule has 0 aromatic carbocycles. The normalized spacial score (nSPS) is 11.2. The molecular formula is C10H15N3O4S. The highest BCUT2D eigenvalue weighted by Gasteiger charge is 2.06. The largest absolute Gasteiger partial charge is 0.478 e. The highest BCUT2D eigenvalue weighted by molar-refractivity contribution is 7.88. The predicted octanol–water partition coefficient (Wildman–Crippen LogP) is 0.0493. The van der Waals surface area contributed by atoms with Crippen molar-refractivity contribution in [2.75, 3.05) is 24.7 Å². The number of carbonyl (C=O) groups is 1. The Morgan fingerprint density at radius 3 is 2.61 bits per heavy atom. The molecule has 0 bridgehead atoms. The molecule has 0 saturated heterocycles. The lowest BCUT2D eigenvalue weighted by atomic mass is 10.2. The lowest BCUT2D eigenvalue weighted by molar-refractivity contribution is 0.0696. The summed E-state index contributed by atoms with van der Waals surface area (Å²) in [5.41, 5.74) is 0.717. The van der Waals surface area contributed by atoms with Crippen LogP contribution in [0.3, 0.4) is 0 Å². The van der Waals surface area contributed by atoms with Crippen molar-refractivity contribution < 1.29 is 18.3 Å². The van der Waals surface area contributed by atoms with Crippen molar-refractivity contribution in [2.24, 2.45) is 0 Å². The van der Waals surface area contributed by atoms with Crippen molar-refractivity contribution in [1.29, 1.82) is 0 Å². The summed E-state index contributed by atoms with van der Waals surface area (Å²) in [4.78, 5) is 14.9. The molecule has 3 N–H and O–H groups in total. The number of pyridine rings is 1. The number of hydrogen-bond acceptors (Lipinski definition) is 5. The second kappa shape index (κ2) is 5.78. The standard InChI is InChI=1S/C10H15N3O4S/c1-7-5-8(10(14)15)6-9(13-7)11-3-4-12-18(2,16)17/h5-6,12H,3-4H2,1-2H3,(H,11,13)(H,14,15). The maximum Gasteiger partial charge on any atom is 0.335 e. The number of sulfonamides is 1. The van der Waals surface area contributed by atoms with Crippen molar-refractivity contribution >= 4 is 21.8 Å². The van der Waals surface area contributed by atoms with E-state index in [0.29, 0.717) is 18.1 Å². The van der Waals surface area contributed by atoms with Gasteiger partial charge in [0.25, 0.3) is 0 Å². The number of nitrogens with one attached hydrogen (secondary N) is 2. The summed E-state index contributed by atoms with van der Waals surface area (Å²) in [6.45, 7) is 2.21. The molecule has 0 aliphatic heterocycles. The topological polar surface area (TPSA) is 108 Å². The highest BCUT2D eigenvalue weighted by Crippen LogP contribution is 2.09. The van der Waals surface area contributed by atoms with E-state index in [1.165, 1.54) is 12.1 Å². The van der Waals surface area contributed by atoms with Gasteiger partial charge in [0.2, 0.25) is 10.0 Å². The second-order valence-corrected chi connectivity index (χ2v) is 5.61. The number of aromatic nitrogens is 1. The van der Waals surface area contributed by atoms with Gasteiger partial charge in [-0.05, 0) is 19.1 Å². The third-order valence-corrected chi connectivity index (χ3v) is 2.72. The van der Waals surface area contributed by atoms with E-state index in [0.717, 1.165) is 6.26 Å². The van der Waals surface area contributed by atoms with Crippen molar-refractivity contribution in [3.63, 3.8) is 0 Å². The van der Waals surface area contributed by atoms with E-state index in [2.05, 4.69) is 15.0 Å². The van der Waals surface area contributed by atoms with Gasteiger partial charge < -0.3 is 10.4 Å². The smallest absolute Gasteiger partial charge is 0.335 e. The Morgan fingerprint density at radius 2 is 2.06 bits per heavy atom. The minimum atomic E-state index is -3.21. The van der Waals surface area contributed by atoms with Gasteiger partial charge in [0.05, 0.1) is 11.8 Å². The fraction of sp³-hybridized carbons (Fsp3) is 0.400. The lowest BCUT2D eigenvalue weighted by Crippen LogP contribution is -2.27. The zero-order chi connectivity index (χ0) is 13.8. The van der Waals surface area contributed by atoms with E-state index in [1.54, 1.807) is 6.92 Å². The van der Waals surface area contributed by atoms with Gasteiger partial charge in [-0.3, -0.25) is 0 Å². The maximum atomic E-state index is 10.8. The monoisotopic (exact) mass is 273 g/mol. The average molecular weight is 273 g/mol. The molecule has 0 fully saturated rings. The van der Waals surface area contributed by atoms with Crippen molar-refractivity contribution in [2.45, 2.75) is 6.92 Å². The van der Waals surface area contributed by atoms with E-state index < -0.39 is 16.0 Å². The average Bonchev–Trinajstić information content (AvgIpc) is 2.22. The first-order valence-corrected chi connectivity index (χ1v) is 7.07. The number of anilines is 1. The second-order valence-electron chi connectivity index (χ2n) is 3.78. The minimum absolute atomic E-state index is 0.140. The lowest BCUT2D eigenvalue weighted by Gasteiger charge is -2.07. The van der Waals surface area contributed by atoms with E-state index in [1.807, 2.05) is 0 Å². The summed E-state index contributed by atoms with van der Waals surface area (Å²) in [5.74, 6) is -0.625. The summed E-state index contributed by atoms with van der Waals surface area (Å²) in [5, 5.41) is 11.7. The first-order chi connectivity index (χ1) is 8.28. The maximum absolute atomic E-state index is 10.8. The number of carboxylic acids is 1. The predicted molar refractivity (Wildman–Crippen MR) is 67.3 cm³/mol. The fourth-order valence-corrected chi connectivity index (χ4v) is 1.78. The van der Waals surface area contributed by atoms with Crippen LogP contribution in [-0.4, -0.2) is 43.8 Å². The van der Waals surface area contributed by atoms with Crippen LogP contribution in [0.25, 0.3) is 0 Å². The van der Waals surface area contributed by atoms with Crippen LogP contribution in [0.15, 0.2) is 12.1 Å². The van der Waals surface area contributed by atoms with Crippen molar-refractivity contribution in [3.8, 4) is 0 Å². The summed E-state index contributed by atoms with van der Waals surface area (Å²) in [6, 6.07) is 2.86. The van der Waals surface area contributed by atoms with Crippen LogP contribution < -0.4 is 10.0 Å². The molecule has 0 aliphatic rings. The Kier molecular flexibility index (Phi) is 4.62. The van der Waals surface area contributed by atoms with E-state index in [9.17, 15) is 13.2 Å². The minimum Gasteiger partial charge on any atom is -0.478 e. The molecule has 7 nitrogen and oxygen atoms in total. The molecule has 0 radical (unpaired) electrons. The number of aryl methyl sites for hydroxylation is 1. The molecule has 0 saturated carbocycles. The molecule has 1 aromatic rings. The van der Waals surface area contributed by atoms with Gasteiger partial charge >= 0.3 is 5.97 Å². The molecule has 1 aromatic heterocycles. The third kappa shape index (κ3) is 5.11. The quantitative estimate of drug-likeness (QED) is 0.632. The highest BCUT2D eigenvalue weighted by atomic mass is 32.2. The third-order valence-electron chi connectivity index (χ3n) is 2.00. The Balaban J connectivity index is 2.60. The van der Waals surface area contributed by atoms with Crippen LogP contribution in [0, 0.1) is 6.92 Å². The number of rotatable bonds is 6. The Morgan fingerprint density at radius 1 is 1.39 bits per heavy atom. The van der Waals surface area contributed by atoms with Gasteiger partial charge in [-0.2, -0.15) is 0 Å². The molecule has 0 unspecified atom stereocenters. The zero-order valence-electron chi connectivity index (χ0n) is 10.1.